The van der Waals surface area contributed by atoms with Crippen LogP contribution in [0.25, 0.3) is 0 Å². The third-order valence-electron chi connectivity index (χ3n) is 5.15. The zero-order valence-corrected chi connectivity index (χ0v) is 16.0. The normalized spacial score (nSPS) is 19.9. The van der Waals surface area contributed by atoms with E-state index in [1.165, 1.54) is 10.4 Å². The number of benzene rings is 1. The summed E-state index contributed by atoms with van der Waals surface area (Å²) < 4.78 is 29.6. The maximum Gasteiger partial charge on any atom is 0.243 e. The van der Waals surface area contributed by atoms with Gasteiger partial charge in [-0.1, -0.05) is 17.7 Å². The number of aromatic nitrogens is 3. The first-order valence-electron chi connectivity index (χ1n) is 8.94. The predicted molar refractivity (Wildman–Crippen MR) is 98.8 cm³/mol. The van der Waals surface area contributed by atoms with Crippen molar-refractivity contribution in [1.82, 2.24) is 24.4 Å². The second-order valence-corrected chi connectivity index (χ2v) is 9.14. The van der Waals surface area contributed by atoms with Crippen molar-refractivity contribution in [2.75, 3.05) is 26.2 Å². The van der Waals surface area contributed by atoms with Gasteiger partial charge in [-0.05, 0) is 44.1 Å². The lowest BCUT2D eigenvalue weighted by Crippen LogP contribution is -2.34. The Labute approximate surface area is 158 Å². The zero-order valence-electron chi connectivity index (χ0n) is 14.4. The Morgan fingerprint density at radius 2 is 1.92 bits per heavy atom. The third kappa shape index (κ3) is 3.38. The molecule has 2 aliphatic rings. The molecule has 0 amide bonds. The van der Waals surface area contributed by atoms with Gasteiger partial charge in [0.25, 0.3) is 0 Å². The average molecular weight is 396 g/mol. The number of halogens is 1. The van der Waals surface area contributed by atoms with Crippen LogP contribution in [0.3, 0.4) is 0 Å². The van der Waals surface area contributed by atoms with Crippen molar-refractivity contribution in [3.8, 4) is 0 Å². The van der Waals surface area contributed by atoms with Crippen LogP contribution in [0.2, 0.25) is 5.02 Å². The topological polar surface area (TPSA) is 80.1 Å². The number of nitrogens with one attached hydrogen (secondary N) is 1. The molecule has 0 bridgehead atoms. The Morgan fingerprint density at radius 1 is 1.12 bits per heavy atom. The molecule has 0 spiro atoms. The molecule has 7 nitrogen and oxygen atoms in total. The van der Waals surface area contributed by atoms with E-state index in [-0.39, 0.29) is 4.90 Å². The molecule has 0 radical (unpaired) electrons. The van der Waals surface area contributed by atoms with E-state index in [4.69, 9.17) is 11.6 Å². The van der Waals surface area contributed by atoms with Gasteiger partial charge in [-0.3, -0.25) is 0 Å². The zero-order chi connectivity index (χ0) is 18.1. The van der Waals surface area contributed by atoms with Crippen LogP contribution in [0.4, 0.5) is 0 Å². The monoisotopic (exact) mass is 395 g/mol. The number of nitrogens with zero attached hydrogens (tertiary/aromatic N) is 4. The minimum absolute atomic E-state index is 0.237. The molecule has 3 heterocycles. The number of hydrogen-bond acceptors (Lipinski definition) is 5. The third-order valence-corrected chi connectivity index (χ3v) is 7.28. The van der Waals surface area contributed by atoms with E-state index in [2.05, 4.69) is 20.1 Å². The highest BCUT2D eigenvalue weighted by Gasteiger charge is 2.30. The summed E-state index contributed by atoms with van der Waals surface area (Å²) >= 11 is 5.97. The second kappa shape index (κ2) is 7.26. The smallest absolute Gasteiger partial charge is 0.243 e. The molecular formula is C17H22ClN5O2S. The second-order valence-electron chi connectivity index (χ2n) is 6.76. The van der Waals surface area contributed by atoms with Crippen LogP contribution in [0, 0.1) is 0 Å². The first-order chi connectivity index (χ1) is 12.6. The van der Waals surface area contributed by atoms with Crippen LogP contribution in [-0.2, 0) is 23.0 Å². The highest BCUT2D eigenvalue weighted by atomic mass is 35.5. The van der Waals surface area contributed by atoms with E-state index >= 15 is 0 Å². The number of sulfonamides is 1. The van der Waals surface area contributed by atoms with Gasteiger partial charge in [0.05, 0.1) is 4.90 Å². The standard InChI is InChI=1S/C17H22ClN5O2S/c18-14-2-1-3-15(12-14)26(24,25)22-9-6-16-20-21-17(23(16)11-10-22)13-4-7-19-8-5-13/h1-3,12-13,19H,4-11H2. The van der Waals surface area contributed by atoms with E-state index < -0.39 is 10.0 Å². The summed E-state index contributed by atoms with van der Waals surface area (Å²) in [5, 5.41) is 12.6. The molecule has 1 N–H and O–H groups in total. The van der Waals surface area contributed by atoms with Crippen molar-refractivity contribution in [1.29, 1.82) is 0 Å². The summed E-state index contributed by atoms with van der Waals surface area (Å²) in [7, 11) is -3.56. The van der Waals surface area contributed by atoms with Crippen molar-refractivity contribution in [3.05, 3.63) is 40.9 Å². The number of rotatable bonds is 3. The summed E-state index contributed by atoms with van der Waals surface area (Å²) in [6, 6.07) is 6.43. The minimum Gasteiger partial charge on any atom is -0.317 e. The molecule has 2 aromatic rings. The van der Waals surface area contributed by atoms with Gasteiger partial charge in [0.2, 0.25) is 10.0 Å². The van der Waals surface area contributed by atoms with Crippen LogP contribution < -0.4 is 5.32 Å². The summed E-state index contributed by atoms with van der Waals surface area (Å²) in [4.78, 5) is 0.237. The minimum atomic E-state index is -3.56. The molecular weight excluding hydrogens is 374 g/mol. The molecule has 1 fully saturated rings. The van der Waals surface area contributed by atoms with Gasteiger partial charge in [0.15, 0.2) is 0 Å². The molecule has 1 aromatic heterocycles. The SMILES string of the molecule is O=S(=O)(c1cccc(Cl)c1)N1CCc2nnc(C3CCNCC3)n2CC1. The lowest BCUT2D eigenvalue weighted by molar-refractivity contribution is 0.399. The quantitative estimate of drug-likeness (QED) is 0.854. The Balaban J connectivity index is 1.56. The Bertz CT molecular complexity index is 892. The van der Waals surface area contributed by atoms with Gasteiger partial charge in [-0.15, -0.1) is 10.2 Å². The van der Waals surface area contributed by atoms with Crippen molar-refractivity contribution < 1.29 is 8.42 Å². The summed E-state index contributed by atoms with van der Waals surface area (Å²) in [5.41, 5.74) is 0. The van der Waals surface area contributed by atoms with E-state index in [1.807, 2.05) is 0 Å². The van der Waals surface area contributed by atoms with Gasteiger partial charge >= 0.3 is 0 Å². The fraction of sp³-hybridized carbons (Fsp3) is 0.529. The van der Waals surface area contributed by atoms with E-state index in [9.17, 15) is 8.42 Å². The lowest BCUT2D eigenvalue weighted by Gasteiger charge is -2.23. The highest BCUT2D eigenvalue weighted by molar-refractivity contribution is 7.89. The largest absolute Gasteiger partial charge is 0.317 e. The molecule has 0 atom stereocenters. The fourth-order valence-corrected chi connectivity index (χ4v) is 5.46. The molecule has 0 aliphatic carbocycles. The van der Waals surface area contributed by atoms with E-state index in [0.29, 0.717) is 37.0 Å². The molecule has 0 saturated carbocycles. The number of hydrogen-bond donors (Lipinski definition) is 1. The van der Waals surface area contributed by atoms with Gasteiger partial charge in [0, 0.05) is 37.0 Å². The average Bonchev–Trinajstić information content (AvgIpc) is 2.93. The first-order valence-corrected chi connectivity index (χ1v) is 10.8. The molecule has 0 unspecified atom stereocenters. The number of piperidine rings is 1. The summed E-state index contributed by atoms with van der Waals surface area (Å²) in [5.74, 6) is 2.28. The molecule has 1 aromatic carbocycles. The Kier molecular flexibility index (Phi) is 5.00. The van der Waals surface area contributed by atoms with Crippen LogP contribution >= 0.6 is 11.6 Å². The maximum absolute atomic E-state index is 13.0. The predicted octanol–water partition coefficient (Wildman–Crippen LogP) is 1.65. The Hall–Kier alpha value is -1.48. The van der Waals surface area contributed by atoms with Crippen molar-refractivity contribution in [2.24, 2.45) is 0 Å². The van der Waals surface area contributed by atoms with Gasteiger partial charge in [-0.2, -0.15) is 4.31 Å². The first kappa shape index (κ1) is 17.9. The highest BCUT2D eigenvalue weighted by Crippen LogP contribution is 2.26. The molecule has 4 rings (SSSR count). The van der Waals surface area contributed by atoms with Crippen LogP contribution in [0.15, 0.2) is 29.2 Å². The van der Waals surface area contributed by atoms with Crippen molar-refractivity contribution >= 4 is 21.6 Å². The Morgan fingerprint density at radius 3 is 2.69 bits per heavy atom. The summed E-state index contributed by atoms with van der Waals surface area (Å²) in [6.45, 7) is 3.38. The molecule has 26 heavy (non-hydrogen) atoms. The van der Waals surface area contributed by atoms with Crippen LogP contribution in [0.5, 0.6) is 0 Å². The van der Waals surface area contributed by atoms with Gasteiger partial charge < -0.3 is 9.88 Å². The van der Waals surface area contributed by atoms with E-state index in [1.54, 1.807) is 18.2 Å². The van der Waals surface area contributed by atoms with Crippen molar-refractivity contribution in [3.63, 3.8) is 0 Å². The van der Waals surface area contributed by atoms with E-state index in [0.717, 1.165) is 37.6 Å². The maximum atomic E-state index is 13.0. The molecule has 2 aliphatic heterocycles. The van der Waals surface area contributed by atoms with Crippen LogP contribution in [0.1, 0.15) is 30.4 Å². The fourth-order valence-electron chi connectivity index (χ4n) is 3.72. The van der Waals surface area contributed by atoms with Gasteiger partial charge in [0.1, 0.15) is 11.6 Å². The summed E-state index contributed by atoms with van der Waals surface area (Å²) in [6.07, 6.45) is 2.66. The van der Waals surface area contributed by atoms with Gasteiger partial charge in [-0.25, -0.2) is 8.42 Å². The number of fused-ring (bicyclic) bond motifs is 1. The lowest BCUT2D eigenvalue weighted by atomic mass is 9.97. The molecule has 9 heteroatoms. The molecule has 140 valence electrons. The molecule has 1 saturated heterocycles. The van der Waals surface area contributed by atoms with Crippen molar-refractivity contribution in [2.45, 2.75) is 36.6 Å². The van der Waals surface area contributed by atoms with Crippen LogP contribution in [-0.4, -0.2) is 53.7 Å².